The number of hydrogen-bond acceptors (Lipinski definition) is 4. The predicted molar refractivity (Wildman–Crippen MR) is 116 cm³/mol. The standard InChI is InChI=1S/C24H26N4O2/c1-26-18(15-27-12-10-19(29)16-27)14-22(25-26)24(30)28-13-11-21-20(8-5-9-23(21)28)17-6-3-2-4-7-17/h2-9,14,19,29H,10-13,15-16H2,1H3/t19-/m0/s1. The minimum Gasteiger partial charge on any atom is -0.392 e. The zero-order valence-electron chi connectivity index (χ0n) is 17.2. The van der Waals surface area contributed by atoms with E-state index in [9.17, 15) is 9.90 Å². The molecule has 1 fully saturated rings. The van der Waals surface area contributed by atoms with Crippen LogP contribution < -0.4 is 4.90 Å². The van der Waals surface area contributed by atoms with E-state index < -0.39 is 0 Å². The summed E-state index contributed by atoms with van der Waals surface area (Å²) in [6.45, 7) is 2.92. The Kier molecular flexibility index (Phi) is 4.89. The van der Waals surface area contributed by atoms with Crippen LogP contribution >= 0.6 is 0 Å². The number of carbonyl (C=O) groups excluding carboxylic acids is 1. The minimum atomic E-state index is -0.251. The zero-order chi connectivity index (χ0) is 20.7. The highest BCUT2D eigenvalue weighted by molar-refractivity contribution is 6.06. The summed E-state index contributed by atoms with van der Waals surface area (Å²) in [6, 6.07) is 18.4. The third-order valence-electron chi connectivity index (χ3n) is 6.19. The molecular weight excluding hydrogens is 376 g/mol. The first-order chi connectivity index (χ1) is 14.6. The monoisotopic (exact) mass is 402 g/mol. The van der Waals surface area contributed by atoms with Gasteiger partial charge in [-0.2, -0.15) is 5.10 Å². The summed E-state index contributed by atoms with van der Waals surface area (Å²) in [5.74, 6) is -0.0535. The highest BCUT2D eigenvalue weighted by atomic mass is 16.3. The molecule has 30 heavy (non-hydrogen) atoms. The van der Waals surface area contributed by atoms with Crippen LogP contribution in [0.3, 0.4) is 0 Å². The van der Waals surface area contributed by atoms with Crippen LogP contribution in [0.25, 0.3) is 11.1 Å². The highest BCUT2D eigenvalue weighted by Crippen LogP contribution is 2.36. The molecule has 6 nitrogen and oxygen atoms in total. The third kappa shape index (κ3) is 3.42. The number of benzene rings is 2. The van der Waals surface area contributed by atoms with E-state index in [2.05, 4.69) is 28.2 Å². The molecule has 1 aromatic heterocycles. The molecule has 0 spiro atoms. The second kappa shape index (κ2) is 7.70. The van der Waals surface area contributed by atoms with Crippen LogP contribution in [0.5, 0.6) is 0 Å². The van der Waals surface area contributed by atoms with Gasteiger partial charge in [0.25, 0.3) is 5.91 Å². The number of anilines is 1. The Morgan fingerprint density at radius 2 is 1.97 bits per heavy atom. The Morgan fingerprint density at radius 3 is 2.73 bits per heavy atom. The van der Waals surface area contributed by atoms with Crippen LogP contribution in [-0.4, -0.2) is 51.4 Å². The molecule has 0 aliphatic carbocycles. The van der Waals surface area contributed by atoms with Crippen molar-refractivity contribution in [2.24, 2.45) is 7.05 Å². The normalized spacial score (nSPS) is 18.7. The van der Waals surface area contributed by atoms with Gasteiger partial charge in [-0.3, -0.25) is 14.4 Å². The number of aryl methyl sites for hydroxylation is 1. The number of aliphatic hydroxyl groups is 1. The van der Waals surface area contributed by atoms with Crippen molar-refractivity contribution in [3.63, 3.8) is 0 Å². The number of β-amino-alcohol motifs (C(OH)–C–C–N with tert-alkyl or cyclic N) is 1. The van der Waals surface area contributed by atoms with Gasteiger partial charge in [0.15, 0.2) is 5.69 Å². The largest absolute Gasteiger partial charge is 0.392 e. The van der Waals surface area contributed by atoms with Gasteiger partial charge in [-0.1, -0.05) is 42.5 Å². The van der Waals surface area contributed by atoms with Crippen LogP contribution in [0.1, 0.15) is 28.2 Å². The molecule has 1 amide bonds. The molecule has 3 heterocycles. The second-order valence-electron chi connectivity index (χ2n) is 8.20. The summed E-state index contributed by atoms with van der Waals surface area (Å²) in [4.78, 5) is 17.4. The second-order valence-corrected chi connectivity index (χ2v) is 8.20. The van der Waals surface area contributed by atoms with Crippen LogP contribution in [-0.2, 0) is 20.0 Å². The van der Waals surface area contributed by atoms with Gasteiger partial charge in [-0.25, -0.2) is 0 Å². The Balaban J connectivity index is 1.40. The first-order valence-corrected chi connectivity index (χ1v) is 10.5. The first kappa shape index (κ1) is 19.0. The molecule has 2 aliphatic rings. The fraction of sp³-hybridized carbons (Fsp3) is 0.333. The molecule has 0 unspecified atom stereocenters. The average Bonchev–Trinajstić information content (AvgIpc) is 3.47. The Hall–Kier alpha value is -2.96. The first-order valence-electron chi connectivity index (χ1n) is 10.5. The number of likely N-dealkylation sites (tertiary alicyclic amines) is 1. The van der Waals surface area contributed by atoms with Crippen molar-refractivity contribution < 1.29 is 9.90 Å². The van der Waals surface area contributed by atoms with Crippen molar-refractivity contribution in [2.45, 2.75) is 25.5 Å². The third-order valence-corrected chi connectivity index (χ3v) is 6.19. The molecule has 5 rings (SSSR count). The lowest BCUT2D eigenvalue weighted by molar-refractivity contribution is 0.0984. The van der Waals surface area contributed by atoms with Gasteiger partial charge in [-0.05, 0) is 41.7 Å². The number of amides is 1. The number of aromatic nitrogens is 2. The van der Waals surface area contributed by atoms with E-state index >= 15 is 0 Å². The summed E-state index contributed by atoms with van der Waals surface area (Å²) in [6.07, 6.45) is 1.40. The number of rotatable bonds is 4. The lowest BCUT2D eigenvalue weighted by Gasteiger charge is -2.16. The van der Waals surface area contributed by atoms with E-state index in [1.165, 1.54) is 16.7 Å². The summed E-state index contributed by atoms with van der Waals surface area (Å²) < 4.78 is 1.79. The molecule has 0 bridgehead atoms. The smallest absolute Gasteiger partial charge is 0.278 e. The summed E-state index contributed by atoms with van der Waals surface area (Å²) in [5, 5.41) is 14.3. The van der Waals surface area contributed by atoms with Crippen molar-refractivity contribution in [1.29, 1.82) is 0 Å². The van der Waals surface area contributed by atoms with Gasteiger partial charge in [0.1, 0.15) is 0 Å². The summed E-state index contributed by atoms with van der Waals surface area (Å²) in [5.41, 5.74) is 6.04. The number of fused-ring (bicyclic) bond motifs is 1. The van der Waals surface area contributed by atoms with Gasteiger partial charge in [0.05, 0.1) is 11.8 Å². The lowest BCUT2D eigenvalue weighted by atomic mass is 9.98. The summed E-state index contributed by atoms with van der Waals surface area (Å²) in [7, 11) is 1.88. The molecule has 1 atom stereocenters. The Bertz CT molecular complexity index is 1080. The van der Waals surface area contributed by atoms with Crippen molar-refractivity contribution in [2.75, 3.05) is 24.5 Å². The van der Waals surface area contributed by atoms with E-state index in [1.54, 1.807) is 4.68 Å². The molecule has 3 aromatic rings. The van der Waals surface area contributed by atoms with Crippen molar-refractivity contribution in [3.8, 4) is 11.1 Å². The number of carbonyl (C=O) groups is 1. The van der Waals surface area contributed by atoms with Gasteiger partial charge in [0.2, 0.25) is 0 Å². The molecule has 154 valence electrons. The molecule has 1 saturated heterocycles. The van der Waals surface area contributed by atoms with E-state index in [1.807, 2.05) is 48.3 Å². The zero-order valence-corrected chi connectivity index (χ0v) is 17.2. The summed E-state index contributed by atoms with van der Waals surface area (Å²) >= 11 is 0. The Labute approximate surface area is 176 Å². The SMILES string of the molecule is Cn1nc(C(=O)N2CCc3c(-c4ccccc4)cccc32)cc1CN1CC[C@H](O)C1. The van der Waals surface area contributed by atoms with Crippen LogP contribution in [0.15, 0.2) is 54.6 Å². The fourth-order valence-electron chi connectivity index (χ4n) is 4.62. The maximum absolute atomic E-state index is 13.3. The van der Waals surface area contributed by atoms with Crippen LogP contribution in [0.2, 0.25) is 0 Å². The number of hydrogen-bond donors (Lipinski definition) is 1. The van der Waals surface area contributed by atoms with Gasteiger partial charge in [-0.15, -0.1) is 0 Å². The van der Waals surface area contributed by atoms with Crippen molar-refractivity contribution >= 4 is 11.6 Å². The quantitative estimate of drug-likeness (QED) is 0.729. The molecule has 2 aliphatic heterocycles. The minimum absolute atomic E-state index is 0.0535. The van der Waals surface area contributed by atoms with Crippen LogP contribution in [0.4, 0.5) is 5.69 Å². The van der Waals surface area contributed by atoms with Gasteiger partial charge in [0, 0.05) is 38.9 Å². The molecule has 1 N–H and O–H groups in total. The predicted octanol–water partition coefficient (Wildman–Crippen LogP) is 2.86. The van der Waals surface area contributed by atoms with Gasteiger partial charge >= 0.3 is 0 Å². The van der Waals surface area contributed by atoms with Crippen molar-refractivity contribution in [1.82, 2.24) is 14.7 Å². The van der Waals surface area contributed by atoms with E-state index in [0.29, 0.717) is 25.3 Å². The lowest BCUT2D eigenvalue weighted by Crippen LogP contribution is -2.29. The maximum Gasteiger partial charge on any atom is 0.278 e. The topological polar surface area (TPSA) is 61.6 Å². The fourth-order valence-corrected chi connectivity index (χ4v) is 4.62. The van der Waals surface area contributed by atoms with E-state index in [4.69, 9.17) is 0 Å². The molecule has 0 saturated carbocycles. The molecule has 6 heteroatoms. The number of aliphatic hydroxyl groups excluding tert-OH is 1. The molecular formula is C24H26N4O2. The highest BCUT2D eigenvalue weighted by Gasteiger charge is 2.30. The number of nitrogens with zero attached hydrogens (tertiary/aromatic N) is 4. The van der Waals surface area contributed by atoms with Crippen molar-refractivity contribution in [3.05, 3.63) is 71.5 Å². The van der Waals surface area contributed by atoms with Gasteiger partial charge < -0.3 is 10.0 Å². The Morgan fingerprint density at radius 1 is 1.13 bits per heavy atom. The van der Waals surface area contributed by atoms with E-state index in [-0.39, 0.29) is 12.0 Å². The molecule has 2 aromatic carbocycles. The van der Waals surface area contributed by atoms with E-state index in [0.717, 1.165) is 30.8 Å². The molecule has 0 radical (unpaired) electrons. The maximum atomic E-state index is 13.3. The van der Waals surface area contributed by atoms with Crippen LogP contribution in [0, 0.1) is 0 Å². The average molecular weight is 402 g/mol.